The third-order valence-electron chi connectivity index (χ3n) is 7.34. The number of ketones is 1. The Bertz CT molecular complexity index is 1150. The molecule has 0 saturated carbocycles. The van der Waals surface area contributed by atoms with E-state index in [2.05, 4.69) is 35.1 Å². The first kappa shape index (κ1) is 33.3. The van der Waals surface area contributed by atoms with Crippen molar-refractivity contribution >= 4 is 23.6 Å². The van der Waals surface area contributed by atoms with E-state index >= 15 is 0 Å². The fraction of sp³-hybridized carbons (Fsp3) is 0.677. The summed E-state index contributed by atoms with van der Waals surface area (Å²) >= 11 is 0. The number of carbonyl (C=O) groups excluding carboxylic acids is 2. The first-order chi connectivity index (χ1) is 19.7. The predicted molar refractivity (Wildman–Crippen MR) is 164 cm³/mol. The number of aromatic nitrogens is 4. The third kappa shape index (κ3) is 10.6. The van der Waals surface area contributed by atoms with Gasteiger partial charge >= 0.3 is 0 Å². The smallest absolute Gasteiger partial charge is 0.254 e. The zero-order valence-corrected chi connectivity index (χ0v) is 26.7. The van der Waals surface area contributed by atoms with Crippen molar-refractivity contribution in [3.05, 3.63) is 35.9 Å². The molecule has 1 aliphatic heterocycles. The van der Waals surface area contributed by atoms with Crippen molar-refractivity contribution in [3.8, 4) is 0 Å². The highest BCUT2D eigenvalue weighted by Gasteiger charge is 2.26. The van der Waals surface area contributed by atoms with Crippen LogP contribution in [0.4, 0.5) is 11.9 Å². The van der Waals surface area contributed by atoms with Crippen LogP contribution in [0.1, 0.15) is 83.7 Å². The number of hydrogen-bond donors (Lipinski definition) is 1. The minimum absolute atomic E-state index is 0.202. The molecule has 11 nitrogen and oxygen atoms in total. The monoisotopic (exact) mass is 583 g/mol. The van der Waals surface area contributed by atoms with Crippen LogP contribution in [-0.4, -0.2) is 88.8 Å². The zero-order valence-electron chi connectivity index (χ0n) is 26.7. The normalized spacial score (nSPS) is 14.7. The summed E-state index contributed by atoms with van der Waals surface area (Å²) < 4.78 is 11.8. The molecule has 1 aliphatic rings. The highest BCUT2D eigenvalue weighted by Crippen LogP contribution is 2.20. The highest BCUT2D eigenvalue weighted by molar-refractivity contribution is 5.94. The van der Waals surface area contributed by atoms with Gasteiger partial charge in [-0.15, -0.1) is 0 Å². The van der Waals surface area contributed by atoms with Gasteiger partial charge in [0.05, 0.1) is 17.8 Å². The number of nitrogens with zero attached hydrogens (tertiary/aromatic N) is 6. The lowest BCUT2D eigenvalue weighted by Crippen LogP contribution is -2.47. The topological polar surface area (TPSA) is 123 Å². The summed E-state index contributed by atoms with van der Waals surface area (Å²) in [6.45, 7) is 20.2. The molecule has 0 bridgehead atoms. The van der Waals surface area contributed by atoms with Crippen LogP contribution >= 0.6 is 0 Å². The molecule has 42 heavy (non-hydrogen) atoms. The summed E-state index contributed by atoms with van der Waals surface area (Å²) in [4.78, 5) is 47.0. The molecular formula is C31H49N7O4. The number of amides is 1. The van der Waals surface area contributed by atoms with E-state index in [4.69, 9.17) is 9.47 Å². The summed E-state index contributed by atoms with van der Waals surface area (Å²) in [6.07, 6.45) is 8.59. The van der Waals surface area contributed by atoms with Crippen LogP contribution in [-0.2, 0) is 14.3 Å². The van der Waals surface area contributed by atoms with Crippen LogP contribution < -0.4 is 15.1 Å². The Hall–Kier alpha value is -3.18. The largest absolute Gasteiger partial charge is 0.381 e. The molecule has 0 unspecified atom stereocenters. The molecule has 3 heterocycles. The maximum atomic E-state index is 12.9. The summed E-state index contributed by atoms with van der Waals surface area (Å²) in [5, 5.41) is 3.08. The summed E-state index contributed by atoms with van der Waals surface area (Å²) in [5.41, 5.74) is 0.261. The quantitative estimate of drug-likeness (QED) is 0.326. The predicted octanol–water partition coefficient (Wildman–Crippen LogP) is 4.01. The van der Waals surface area contributed by atoms with Crippen molar-refractivity contribution in [2.75, 3.05) is 55.8 Å². The van der Waals surface area contributed by atoms with Crippen LogP contribution in [0.2, 0.25) is 0 Å². The van der Waals surface area contributed by atoms with Crippen molar-refractivity contribution in [1.29, 1.82) is 0 Å². The van der Waals surface area contributed by atoms with E-state index in [1.807, 2.05) is 67.8 Å². The number of aryl methyl sites for hydroxylation is 1. The van der Waals surface area contributed by atoms with E-state index in [9.17, 15) is 9.59 Å². The second kappa shape index (κ2) is 14.3. The van der Waals surface area contributed by atoms with E-state index in [1.165, 1.54) is 0 Å². The van der Waals surface area contributed by atoms with Gasteiger partial charge in [-0.3, -0.25) is 9.59 Å². The first-order valence-corrected chi connectivity index (χ1v) is 14.8. The van der Waals surface area contributed by atoms with Crippen LogP contribution in [0.5, 0.6) is 0 Å². The van der Waals surface area contributed by atoms with Gasteiger partial charge in [-0.05, 0) is 53.0 Å². The number of ether oxygens (including phenoxy) is 2. The molecule has 2 aromatic heterocycles. The van der Waals surface area contributed by atoms with Gasteiger partial charge in [0.15, 0.2) is 0 Å². The van der Waals surface area contributed by atoms with E-state index in [-0.39, 0.29) is 22.7 Å². The van der Waals surface area contributed by atoms with Gasteiger partial charge in [0, 0.05) is 81.6 Å². The minimum atomic E-state index is -0.482. The molecule has 11 heteroatoms. The van der Waals surface area contributed by atoms with E-state index in [1.54, 1.807) is 12.4 Å². The van der Waals surface area contributed by atoms with Crippen molar-refractivity contribution in [2.24, 2.45) is 5.41 Å². The molecule has 3 rings (SSSR count). The molecule has 0 radical (unpaired) electrons. The molecule has 1 amide bonds. The van der Waals surface area contributed by atoms with Crippen LogP contribution in [0.3, 0.4) is 0 Å². The molecule has 0 aliphatic carbocycles. The van der Waals surface area contributed by atoms with Gasteiger partial charge in [0.1, 0.15) is 5.78 Å². The fourth-order valence-electron chi connectivity index (χ4n) is 4.31. The summed E-state index contributed by atoms with van der Waals surface area (Å²) in [6, 6.07) is 0. The maximum Gasteiger partial charge on any atom is 0.254 e. The highest BCUT2D eigenvalue weighted by atomic mass is 16.5. The molecule has 2 aromatic rings. The average molecular weight is 584 g/mol. The van der Waals surface area contributed by atoms with Crippen molar-refractivity contribution in [3.63, 3.8) is 0 Å². The molecule has 1 fully saturated rings. The summed E-state index contributed by atoms with van der Waals surface area (Å²) in [7, 11) is 0. The van der Waals surface area contributed by atoms with E-state index in [0.29, 0.717) is 50.6 Å². The van der Waals surface area contributed by atoms with E-state index < -0.39 is 5.54 Å². The number of piperazine rings is 1. The molecule has 1 saturated heterocycles. The molecule has 0 aromatic carbocycles. The Labute approximate surface area is 250 Å². The summed E-state index contributed by atoms with van der Waals surface area (Å²) in [5.74, 6) is 1.33. The lowest BCUT2D eigenvalue weighted by atomic mass is 9.89. The lowest BCUT2D eigenvalue weighted by Gasteiger charge is -2.34. The number of hydrogen-bond acceptors (Lipinski definition) is 10. The van der Waals surface area contributed by atoms with Gasteiger partial charge < -0.3 is 24.6 Å². The Balaban J connectivity index is 1.38. The standard InChI is InChI=1S/C31H49N7O4/c1-23-19-32-27(33-20-23)37-12-14-38(15-13-37)28-34-21-24(22-35-28)26(40)36-30(5,6)10-18-42-31(7,8)11-17-41-16-9-25(39)29(2,3)4/h19-22H,9-18H2,1-8H3,(H,36,40). The SMILES string of the molecule is Cc1cnc(N2CCN(c3ncc(C(=O)NC(C)(C)CCOC(C)(C)CCOCCC(=O)C(C)(C)C)cn3)CC2)nc1. The van der Waals surface area contributed by atoms with Crippen molar-refractivity contribution < 1.29 is 19.1 Å². The number of carbonyl (C=O) groups is 2. The van der Waals surface area contributed by atoms with Crippen LogP contribution in [0.25, 0.3) is 0 Å². The number of rotatable bonds is 14. The van der Waals surface area contributed by atoms with Gasteiger partial charge in [-0.25, -0.2) is 19.9 Å². The maximum absolute atomic E-state index is 12.9. The number of Topliss-reactive ketones (excluding diaryl/α,β-unsaturated/α-hetero) is 1. The molecule has 0 spiro atoms. The lowest BCUT2D eigenvalue weighted by molar-refractivity contribution is -0.127. The zero-order chi connectivity index (χ0) is 31.0. The second-order valence-electron chi connectivity index (χ2n) is 13.3. The van der Waals surface area contributed by atoms with Crippen molar-refractivity contribution in [1.82, 2.24) is 25.3 Å². The Morgan fingerprint density at radius 3 is 1.83 bits per heavy atom. The van der Waals surface area contributed by atoms with Gasteiger partial charge in [0.25, 0.3) is 5.91 Å². The average Bonchev–Trinajstić information content (AvgIpc) is 2.92. The van der Waals surface area contributed by atoms with Gasteiger partial charge in [-0.2, -0.15) is 0 Å². The number of anilines is 2. The van der Waals surface area contributed by atoms with Crippen molar-refractivity contribution in [2.45, 2.75) is 85.8 Å². The molecular weight excluding hydrogens is 534 g/mol. The number of nitrogens with one attached hydrogen (secondary N) is 1. The van der Waals surface area contributed by atoms with Crippen LogP contribution in [0.15, 0.2) is 24.8 Å². The van der Waals surface area contributed by atoms with Gasteiger partial charge in [0.2, 0.25) is 11.9 Å². The van der Waals surface area contributed by atoms with Crippen LogP contribution in [0, 0.1) is 12.3 Å². The molecule has 1 N–H and O–H groups in total. The molecule has 232 valence electrons. The third-order valence-corrected chi connectivity index (χ3v) is 7.34. The van der Waals surface area contributed by atoms with E-state index in [0.717, 1.165) is 37.7 Å². The second-order valence-corrected chi connectivity index (χ2v) is 13.3. The Morgan fingerprint density at radius 1 is 0.786 bits per heavy atom. The molecule has 0 atom stereocenters. The van der Waals surface area contributed by atoms with Gasteiger partial charge in [-0.1, -0.05) is 20.8 Å². The Morgan fingerprint density at radius 2 is 1.31 bits per heavy atom. The Kier molecular flexibility index (Phi) is 11.4. The fourth-order valence-corrected chi connectivity index (χ4v) is 4.31. The first-order valence-electron chi connectivity index (χ1n) is 14.8. The minimum Gasteiger partial charge on any atom is -0.381 e.